The maximum atomic E-state index is 12.9. The largest absolute Gasteiger partial charge is 0.340 e. The summed E-state index contributed by atoms with van der Waals surface area (Å²) in [4.78, 5) is 14.4. The van der Waals surface area contributed by atoms with Crippen molar-refractivity contribution in [3.8, 4) is 0 Å². The molecular weight excluding hydrogens is 348 g/mol. The number of rotatable bonds is 3. The lowest BCUT2D eigenvalue weighted by molar-refractivity contribution is -0.134. The second-order valence-electron chi connectivity index (χ2n) is 9.30. The molecule has 0 unspecified atom stereocenters. The van der Waals surface area contributed by atoms with E-state index in [1.807, 2.05) is 32.9 Å². The van der Waals surface area contributed by atoms with E-state index in [1.54, 1.807) is 17.0 Å². The molecule has 0 bridgehead atoms. The van der Waals surface area contributed by atoms with Gasteiger partial charge in [0.05, 0.1) is 4.90 Å². The first-order chi connectivity index (χ1) is 11.8. The van der Waals surface area contributed by atoms with Crippen LogP contribution in [0.2, 0.25) is 0 Å². The van der Waals surface area contributed by atoms with Crippen LogP contribution in [0.15, 0.2) is 29.2 Å². The van der Waals surface area contributed by atoms with Crippen molar-refractivity contribution in [2.75, 3.05) is 26.2 Å². The fraction of sp³-hybridized carbons (Fsp3) is 0.650. The fourth-order valence-corrected chi connectivity index (χ4v) is 4.44. The van der Waals surface area contributed by atoms with Gasteiger partial charge in [-0.3, -0.25) is 4.79 Å². The maximum Gasteiger partial charge on any atom is 0.243 e. The molecule has 1 aliphatic rings. The molecule has 146 valence electrons. The first kappa shape index (κ1) is 20.9. The Labute approximate surface area is 158 Å². The van der Waals surface area contributed by atoms with Crippen LogP contribution in [-0.2, 0) is 20.2 Å². The molecule has 1 aliphatic heterocycles. The molecule has 2 rings (SSSR count). The quantitative estimate of drug-likeness (QED) is 0.809. The zero-order valence-corrected chi connectivity index (χ0v) is 17.7. The van der Waals surface area contributed by atoms with E-state index in [1.165, 1.54) is 4.31 Å². The number of sulfonamides is 1. The molecule has 0 spiro atoms. The number of carbonyl (C=O) groups excluding carboxylic acids is 1. The molecule has 1 aromatic carbocycles. The summed E-state index contributed by atoms with van der Waals surface area (Å²) in [6, 6.07) is 7.14. The summed E-state index contributed by atoms with van der Waals surface area (Å²) in [5.41, 5.74) is 1.03. The smallest absolute Gasteiger partial charge is 0.243 e. The Kier molecular flexibility index (Phi) is 5.88. The van der Waals surface area contributed by atoms with Crippen molar-refractivity contribution < 1.29 is 13.2 Å². The zero-order valence-electron chi connectivity index (χ0n) is 16.9. The highest BCUT2D eigenvalue weighted by Crippen LogP contribution is 2.25. The van der Waals surface area contributed by atoms with Gasteiger partial charge in [-0.1, -0.05) is 53.7 Å². The first-order valence-corrected chi connectivity index (χ1v) is 10.6. The number of carbonyl (C=O) groups is 1. The lowest BCUT2D eigenvalue weighted by Gasteiger charge is -2.35. The average Bonchev–Trinajstić information content (AvgIpc) is 2.52. The molecule has 1 saturated heterocycles. The van der Waals surface area contributed by atoms with E-state index in [-0.39, 0.29) is 16.7 Å². The third kappa shape index (κ3) is 5.07. The van der Waals surface area contributed by atoms with Gasteiger partial charge in [0.2, 0.25) is 15.9 Å². The number of hydrogen-bond donors (Lipinski definition) is 0. The van der Waals surface area contributed by atoms with E-state index in [2.05, 4.69) is 20.8 Å². The lowest BCUT2D eigenvalue weighted by atomic mass is 9.87. The fourth-order valence-electron chi connectivity index (χ4n) is 3.02. The van der Waals surface area contributed by atoms with Gasteiger partial charge in [-0.05, 0) is 28.5 Å². The van der Waals surface area contributed by atoms with Crippen LogP contribution < -0.4 is 0 Å². The van der Waals surface area contributed by atoms with Gasteiger partial charge in [-0.15, -0.1) is 0 Å². The predicted molar refractivity (Wildman–Crippen MR) is 105 cm³/mol. The average molecular weight is 381 g/mol. The number of piperazine rings is 1. The van der Waals surface area contributed by atoms with Crippen molar-refractivity contribution >= 4 is 15.9 Å². The Balaban J connectivity index is 2.05. The molecule has 0 saturated carbocycles. The maximum absolute atomic E-state index is 12.9. The van der Waals surface area contributed by atoms with Gasteiger partial charge in [0, 0.05) is 32.6 Å². The van der Waals surface area contributed by atoms with Gasteiger partial charge in [0.15, 0.2) is 0 Å². The monoisotopic (exact) mass is 380 g/mol. The van der Waals surface area contributed by atoms with Crippen LogP contribution in [0.3, 0.4) is 0 Å². The summed E-state index contributed by atoms with van der Waals surface area (Å²) in [7, 11) is -3.51. The Bertz CT molecular complexity index is 733. The van der Waals surface area contributed by atoms with E-state index >= 15 is 0 Å². The minimum Gasteiger partial charge on any atom is -0.340 e. The van der Waals surface area contributed by atoms with Crippen molar-refractivity contribution in [2.24, 2.45) is 5.41 Å². The first-order valence-electron chi connectivity index (χ1n) is 9.19. The minimum absolute atomic E-state index is 0.0126. The highest BCUT2D eigenvalue weighted by atomic mass is 32.2. The Morgan fingerprint density at radius 2 is 1.42 bits per heavy atom. The van der Waals surface area contributed by atoms with Gasteiger partial charge in [-0.2, -0.15) is 4.31 Å². The van der Waals surface area contributed by atoms with Crippen LogP contribution in [0.4, 0.5) is 0 Å². The summed E-state index contributed by atoms with van der Waals surface area (Å²) < 4.78 is 27.2. The predicted octanol–water partition coefficient (Wildman–Crippen LogP) is 3.25. The van der Waals surface area contributed by atoms with Crippen molar-refractivity contribution in [1.82, 2.24) is 9.21 Å². The third-order valence-corrected chi connectivity index (χ3v) is 6.54. The number of nitrogens with zero attached hydrogens (tertiary/aromatic N) is 2. The van der Waals surface area contributed by atoms with E-state index in [0.717, 1.165) is 5.56 Å². The van der Waals surface area contributed by atoms with Gasteiger partial charge in [0.25, 0.3) is 0 Å². The molecule has 0 aliphatic carbocycles. The molecular formula is C20H32N2O3S. The molecule has 1 heterocycles. The van der Waals surface area contributed by atoms with E-state index in [4.69, 9.17) is 0 Å². The van der Waals surface area contributed by atoms with Crippen LogP contribution in [-0.4, -0.2) is 49.7 Å². The number of amides is 1. The number of hydrogen-bond acceptors (Lipinski definition) is 3. The van der Waals surface area contributed by atoms with E-state index < -0.39 is 10.0 Å². The third-order valence-electron chi connectivity index (χ3n) is 4.63. The lowest BCUT2D eigenvalue weighted by Crippen LogP contribution is -2.51. The molecule has 1 aromatic rings. The Hall–Kier alpha value is -1.40. The summed E-state index contributed by atoms with van der Waals surface area (Å²) in [6.45, 7) is 14.0. The van der Waals surface area contributed by atoms with Crippen LogP contribution in [0, 0.1) is 5.41 Å². The zero-order chi connectivity index (χ0) is 19.8. The molecule has 0 radical (unpaired) electrons. The van der Waals surface area contributed by atoms with Crippen LogP contribution >= 0.6 is 0 Å². The second kappa shape index (κ2) is 7.31. The molecule has 5 nitrogen and oxygen atoms in total. The van der Waals surface area contributed by atoms with Crippen molar-refractivity contribution in [2.45, 2.75) is 58.3 Å². The van der Waals surface area contributed by atoms with Gasteiger partial charge >= 0.3 is 0 Å². The second-order valence-corrected chi connectivity index (χ2v) is 11.2. The summed E-state index contributed by atoms with van der Waals surface area (Å²) in [5, 5.41) is 0. The summed E-state index contributed by atoms with van der Waals surface area (Å²) in [6.07, 6.45) is 0.480. The summed E-state index contributed by atoms with van der Waals surface area (Å²) in [5.74, 6) is 0.101. The van der Waals surface area contributed by atoms with E-state index in [9.17, 15) is 13.2 Å². The molecule has 1 fully saturated rings. The molecule has 0 N–H and O–H groups in total. The Morgan fingerprint density at radius 3 is 1.85 bits per heavy atom. The normalized spacial score (nSPS) is 17.4. The Morgan fingerprint density at radius 1 is 0.923 bits per heavy atom. The van der Waals surface area contributed by atoms with Gasteiger partial charge in [-0.25, -0.2) is 8.42 Å². The molecule has 6 heteroatoms. The van der Waals surface area contributed by atoms with Crippen LogP contribution in [0.5, 0.6) is 0 Å². The topological polar surface area (TPSA) is 57.7 Å². The van der Waals surface area contributed by atoms with Gasteiger partial charge in [0.1, 0.15) is 0 Å². The SMILES string of the molecule is CC(C)(C)CC(=O)N1CCN(S(=O)(=O)c2ccc(C(C)(C)C)cc2)CC1. The van der Waals surface area contributed by atoms with E-state index in [0.29, 0.717) is 37.5 Å². The molecule has 1 amide bonds. The molecule has 26 heavy (non-hydrogen) atoms. The van der Waals surface area contributed by atoms with Crippen molar-refractivity contribution in [3.05, 3.63) is 29.8 Å². The number of benzene rings is 1. The van der Waals surface area contributed by atoms with Crippen molar-refractivity contribution in [1.29, 1.82) is 0 Å². The standard InChI is InChI=1S/C20H32N2O3S/c1-19(2,3)15-18(23)21-11-13-22(14-12-21)26(24,25)17-9-7-16(8-10-17)20(4,5)6/h7-10H,11-15H2,1-6H3. The van der Waals surface area contributed by atoms with Crippen LogP contribution in [0.25, 0.3) is 0 Å². The highest BCUT2D eigenvalue weighted by molar-refractivity contribution is 7.89. The summed E-state index contributed by atoms with van der Waals surface area (Å²) >= 11 is 0. The van der Waals surface area contributed by atoms with Crippen LogP contribution in [0.1, 0.15) is 53.5 Å². The van der Waals surface area contributed by atoms with Crippen molar-refractivity contribution in [3.63, 3.8) is 0 Å². The highest BCUT2D eigenvalue weighted by Gasteiger charge is 2.31. The van der Waals surface area contributed by atoms with Gasteiger partial charge < -0.3 is 4.90 Å². The minimum atomic E-state index is -3.51. The molecule has 0 atom stereocenters. The molecule has 0 aromatic heterocycles.